The summed E-state index contributed by atoms with van der Waals surface area (Å²) in [7, 11) is 0. The smallest absolute Gasteiger partial charge is 0.251 e. The number of aryl methyl sites for hydroxylation is 2. The van der Waals surface area contributed by atoms with Crippen LogP contribution in [0.3, 0.4) is 0 Å². The zero-order chi connectivity index (χ0) is 20.4. The zero-order valence-corrected chi connectivity index (χ0v) is 16.8. The molecule has 2 aromatic carbocycles. The van der Waals surface area contributed by atoms with Crippen molar-refractivity contribution >= 4 is 17.5 Å². The molecule has 2 amide bonds. The van der Waals surface area contributed by atoms with Crippen LogP contribution in [0.15, 0.2) is 36.4 Å². The molecule has 6 heteroatoms. The molecular weight excluding hydrogens is 368 g/mol. The summed E-state index contributed by atoms with van der Waals surface area (Å²) in [6, 6.07) is 11.0. The van der Waals surface area contributed by atoms with Crippen LogP contribution in [0, 0.1) is 13.8 Å². The minimum atomic E-state index is -0.539. The van der Waals surface area contributed by atoms with Crippen LogP contribution >= 0.6 is 0 Å². The molecular formula is C23H26N2O4. The highest BCUT2D eigenvalue weighted by Crippen LogP contribution is 2.46. The van der Waals surface area contributed by atoms with E-state index in [1.165, 1.54) is 6.42 Å². The van der Waals surface area contributed by atoms with Gasteiger partial charge in [0.15, 0.2) is 11.5 Å². The molecule has 1 spiro atoms. The molecule has 0 saturated heterocycles. The predicted octanol–water partition coefficient (Wildman–Crippen LogP) is 4.10. The van der Waals surface area contributed by atoms with E-state index in [4.69, 9.17) is 9.47 Å². The van der Waals surface area contributed by atoms with Gasteiger partial charge in [0.05, 0.1) is 6.54 Å². The highest BCUT2D eigenvalue weighted by molar-refractivity contribution is 5.99. The van der Waals surface area contributed by atoms with Gasteiger partial charge in [-0.3, -0.25) is 9.59 Å². The van der Waals surface area contributed by atoms with Gasteiger partial charge in [-0.05, 0) is 51.0 Å². The van der Waals surface area contributed by atoms with Gasteiger partial charge >= 0.3 is 0 Å². The summed E-state index contributed by atoms with van der Waals surface area (Å²) in [5.41, 5.74) is 3.19. The summed E-state index contributed by atoms with van der Waals surface area (Å²) in [4.78, 5) is 24.6. The van der Waals surface area contributed by atoms with Crippen molar-refractivity contribution in [1.82, 2.24) is 5.32 Å². The lowest BCUT2D eigenvalue weighted by atomic mass is 9.94. The predicted molar refractivity (Wildman–Crippen MR) is 110 cm³/mol. The Morgan fingerprint density at radius 3 is 2.34 bits per heavy atom. The molecule has 2 aliphatic rings. The van der Waals surface area contributed by atoms with E-state index in [1.54, 1.807) is 24.3 Å². The van der Waals surface area contributed by atoms with Crippen molar-refractivity contribution in [1.29, 1.82) is 0 Å². The number of carbonyl (C=O) groups is 2. The first-order chi connectivity index (χ1) is 13.9. The van der Waals surface area contributed by atoms with Crippen molar-refractivity contribution in [3.63, 3.8) is 0 Å². The first kappa shape index (κ1) is 19.3. The van der Waals surface area contributed by atoms with Crippen LogP contribution in [-0.2, 0) is 4.79 Å². The van der Waals surface area contributed by atoms with Gasteiger partial charge in [0, 0.05) is 30.2 Å². The SMILES string of the molecule is Cc1cc(C)cc(C(=O)NCC(=O)Nc2ccc3c(c2)OC2(CCCCC2)O3)c1. The Kier molecular flexibility index (Phi) is 5.18. The first-order valence-electron chi connectivity index (χ1n) is 10.1. The molecule has 29 heavy (non-hydrogen) atoms. The number of rotatable bonds is 4. The number of benzene rings is 2. The van der Waals surface area contributed by atoms with Gasteiger partial charge < -0.3 is 20.1 Å². The zero-order valence-electron chi connectivity index (χ0n) is 16.8. The molecule has 0 bridgehead atoms. The average molecular weight is 394 g/mol. The third-order valence-electron chi connectivity index (χ3n) is 5.33. The van der Waals surface area contributed by atoms with Gasteiger partial charge in [-0.25, -0.2) is 0 Å². The van der Waals surface area contributed by atoms with E-state index in [-0.39, 0.29) is 18.4 Å². The van der Waals surface area contributed by atoms with Gasteiger partial charge in [0.1, 0.15) is 0 Å². The standard InChI is InChI=1S/C23H26N2O4/c1-15-10-16(2)12-17(11-15)22(27)24-14-21(26)25-18-6-7-19-20(13-18)29-23(28-19)8-4-3-5-9-23/h6-7,10-13H,3-5,8-9,14H2,1-2H3,(H,24,27)(H,25,26). The van der Waals surface area contributed by atoms with E-state index in [2.05, 4.69) is 10.6 Å². The average Bonchev–Trinajstić information content (AvgIpc) is 3.02. The summed E-state index contributed by atoms with van der Waals surface area (Å²) >= 11 is 0. The second-order valence-electron chi connectivity index (χ2n) is 7.94. The van der Waals surface area contributed by atoms with Crippen LogP contribution < -0.4 is 20.1 Å². The maximum atomic E-state index is 12.3. The van der Waals surface area contributed by atoms with Crippen molar-refractivity contribution in [2.24, 2.45) is 0 Å². The number of hydrogen-bond donors (Lipinski definition) is 2. The van der Waals surface area contributed by atoms with Gasteiger partial charge in [-0.1, -0.05) is 23.6 Å². The van der Waals surface area contributed by atoms with E-state index in [0.29, 0.717) is 22.7 Å². The Balaban J connectivity index is 1.34. The normalized spacial score (nSPS) is 16.5. The fraction of sp³-hybridized carbons (Fsp3) is 0.391. The Morgan fingerprint density at radius 1 is 0.931 bits per heavy atom. The minimum absolute atomic E-state index is 0.107. The molecule has 0 aromatic heterocycles. The molecule has 152 valence electrons. The van der Waals surface area contributed by atoms with Crippen LogP contribution in [0.1, 0.15) is 53.6 Å². The Labute approximate surface area is 170 Å². The van der Waals surface area contributed by atoms with Gasteiger partial charge in [-0.15, -0.1) is 0 Å². The molecule has 0 atom stereocenters. The van der Waals surface area contributed by atoms with Gasteiger partial charge in [0.2, 0.25) is 5.91 Å². The lowest BCUT2D eigenvalue weighted by molar-refractivity contribution is -0.115. The Morgan fingerprint density at radius 2 is 1.62 bits per heavy atom. The van der Waals surface area contributed by atoms with Crippen molar-refractivity contribution in [3.8, 4) is 11.5 Å². The number of nitrogens with one attached hydrogen (secondary N) is 2. The first-order valence-corrected chi connectivity index (χ1v) is 10.1. The summed E-state index contributed by atoms with van der Waals surface area (Å²) in [6.07, 6.45) is 5.16. The highest BCUT2D eigenvalue weighted by atomic mass is 16.7. The maximum absolute atomic E-state index is 12.3. The Hall–Kier alpha value is -3.02. The van der Waals surface area contributed by atoms with E-state index in [9.17, 15) is 9.59 Å². The molecule has 1 saturated carbocycles. The van der Waals surface area contributed by atoms with Crippen LogP contribution in [0.5, 0.6) is 11.5 Å². The number of amides is 2. The quantitative estimate of drug-likeness (QED) is 0.818. The van der Waals surface area contributed by atoms with E-state index < -0.39 is 5.79 Å². The number of carbonyl (C=O) groups excluding carboxylic acids is 2. The Bertz CT molecular complexity index is 928. The number of ether oxygens (including phenoxy) is 2. The second-order valence-corrected chi connectivity index (χ2v) is 7.94. The summed E-state index contributed by atoms with van der Waals surface area (Å²) in [5, 5.41) is 5.47. The molecule has 1 aliphatic carbocycles. The van der Waals surface area contributed by atoms with E-state index >= 15 is 0 Å². The van der Waals surface area contributed by atoms with Gasteiger partial charge in [-0.2, -0.15) is 0 Å². The summed E-state index contributed by atoms with van der Waals surface area (Å²) in [6.45, 7) is 3.77. The van der Waals surface area contributed by atoms with Crippen LogP contribution in [-0.4, -0.2) is 24.1 Å². The van der Waals surface area contributed by atoms with Crippen LogP contribution in [0.2, 0.25) is 0 Å². The van der Waals surface area contributed by atoms with Crippen molar-refractivity contribution in [3.05, 3.63) is 53.1 Å². The summed E-state index contributed by atoms with van der Waals surface area (Å²) < 4.78 is 12.1. The number of fused-ring (bicyclic) bond motifs is 1. The van der Waals surface area contributed by atoms with Crippen LogP contribution in [0.4, 0.5) is 5.69 Å². The molecule has 1 fully saturated rings. The molecule has 2 N–H and O–H groups in total. The molecule has 0 radical (unpaired) electrons. The summed E-state index contributed by atoms with van der Waals surface area (Å²) in [5.74, 6) is 0.270. The van der Waals surface area contributed by atoms with E-state index in [1.807, 2.05) is 26.0 Å². The molecule has 0 unspecified atom stereocenters. The fourth-order valence-corrected chi connectivity index (χ4v) is 4.04. The molecule has 1 aliphatic heterocycles. The monoisotopic (exact) mass is 394 g/mol. The number of hydrogen-bond acceptors (Lipinski definition) is 4. The second kappa shape index (κ2) is 7.78. The number of anilines is 1. The fourth-order valence-electron chi connectivity index (χ4n) is 4.04. The highest BCUT2D eigenvalue weighted by Gasteiger charge is 2.42. The van der Waals surface area contributed by atoms with Crippen molar-refractivity contribution < 1.29 is 19.1 Å². The lowest BCUT2D eigenvalue weighted by Crippen LogP contribution is -2.40. The third-order valence-corrected chi connectivity index (χ3v) is 5.33. The lowest BCUT2D eigenvalue weighted by Gasteiger charge is -2.31. The van der Waals surface area contributed by atoms with E-state index in [0.717, 1.165) is 36.8 Å². The maximum Gasteiger partial charge on any atom is 0.251 e. The molecule has 6 nitrogen and oxygen atoms in total. The van der Waals surface area contributed by atoms with Crippen LogP contribution in [0.25, 0.3) is 0 Å². The molecule has 4 rings (SSSR count). The third kappa shape index (κ3) is 4.36. The van der Waals surface area contributed by atoms with Crippen molar-refractivity contribution in [2.75, 3.05) is 11.9 Å². The topological polar surface area (TPSA) is 76.7 Å². The minimum Gasteiger partial charge on any atom is -0.448 e. The van der Waals surface area contributed by atoms with Crippen molar-refractivity contribution in [2.45, 2.75) is 51.7 Å². The largest absolute Gasteiger partial charge is 0.448 e. The molecule has 2 aromatic rings. The molecule has 1 heterocycles. The van der Waals surface area contributed by atoms with Gasteiger partial charge in [0.25, 0.3) is 11.7 Å².